The maximum Gasteiger partial charge on any atom is 0.246 e. The first-order valence-electron chi connectivity index (χ1n) is 10.1. The number of nitrogens with one attached hydrogen (secondary N) is 1. The minimum Gasteiger partial charge on any atom is -0.345 e. The van der Waals surface area contributed by atoms with Gasteiger partial charge in [-0.25, -0.2) is 0 Å². The Labute approximate surface area is 159 Å². The number of rotatable bonds is 6. The molecule has 1 amide bonds. The zero-order valence-electron chi connectivity index (χ0n) is 15.6. The molecule has 0 aromatic carbocycles. The maximum absolute atomic E-state index is 12.9. The van der Waals surface area contributed by atoms with Crippen LogP contribution >= 0.6 is 0 Å². The van der Waals surface area contributed by atoms with Gasteiger partial charge in [0, 0.05) is 18.3 Å². The van der Waals surface area contributed by atoms with Crippen LogP contribution in [0.4, 0.5) is 0 Å². The second kappa shape index (κ2) is 8.61. The molecule has 0 spiro atoms. The normalized spacial score (nSPS) is 19.9. The van der Waals surface area contributed by atoms with Crippen molar-refractivity contribution in [3.05, 3.63) is 41.8 Å². The summed E-state index contributed by atoms with van der Waals surface area (Å²) in [4.78, 5) is 23.9. The average molecular weight is 369 g/mol. The monoisotopic (exact) mass is 369 g/mol. The first-order chi connectivity index (χ1) is 13.3. The highest BCUT2D eigenvalue weighted by Crippen LogP contribution is 2.30. The average Bonchev–Trinajstić information content (AvgIpc) is 3.41. The van der Waals surface area contributed by atoms with Gasteiger partial charge in [0.25, 0.3) is 0 Å². The molecular weight excluding hydrogens is 342 g/mol. The summed E-state index contributed by atoms with van der Waals surface area (Å²) in [6.07, 6.45) is 11.8. The molecule has 1 saturated carbocycles. The largest absolute Gasteiger partial charge is 0.345 e. The molecule has 3 heterocycles. The van der Waals surface area contributed by atoms with E-state index in [-0.39, 0.29) is 18.5 Å². The van der Waals surface area contributed by atoms with Crippen molar-refractivity contribution in [1.82, 2.24) is 25.3 Å². The minimum atomic E-state index is -0.318. The van der Waals surface area contributed by atoms with Crippen LogP contribution in [-0.2, 0) is 11.3 Å². The summed E-state index contributed by atoms with van der Waals surface area (Å²) >= 11 is 0. The predicted molar refractivity (Wildman–Crippen MR) is 99.8 cm³/mol. The lowest BCUT2D eigenvalue weighted by Gasteiger charge is -2.26. The topological polar surface area (TPSA) is 84.2 Å². The van der Waals surface area contributed by atoms with Gasteiger partial charge in [-0.3, -0.25) is 14.7 Å². The van der Waals surface area contributed by atoms with E-state index in [4.69, 9.17) is 4.52 Å². The van der Waals surface area contributed by atoms with Gasteiger partial charge in [0.15, 0.2) is 5.82 Å². The van der Waals surface area contributed by atoms with E-state index in [1.165, 1.54) is 19.3 Å². The van der Waals surface area contributed by atoms with Crippen molar-refractivity contribution in [2.75, 3.05) is 13.1 Å². The van der Waals surface area contributed by atoms with Crippen molar-refractivity contribution >= 4 is 5.91 Å². The summed E-state index contributed by atoms with van der Waals surface area (Å²) in [5, 5.41) is 7.13. The molecule has 7 nitrogen and oxygen atoms in total. The summed E-state index contributed by atoms with van der Waals surface area (Å²) < 4.78 is 5.38. The number of carbonyl (C=O) groups is 1. The Balaban J connectivity index is 1.40. The van der Waals surface area contributed by atoms with Crippen molar-refractivity contribution < 1.29 is 9.32 Å². The molecule has 1 N–H and O–H groups in total. The molecule has 1 saturated heterocycles. The molecule has 0 bridgehead atoms. The number of likely N-dealkylation sites (tertiary alicyclic amines) is 1. The number of amides is 1. The third-order valence-electron chi connectivity index (χ3n) is 5.62. The van der Waals surface area contributed by atoms with Crippen LogP contribution in [0.2, 0.25) is 0 Å². The van der Waals surface area contributed by atoms with Gasteiger partial charge in [-0.1, -0.05) is 30.5 Å². The molecule has 144 valence electrons. The molecule has 0 radical (unpaired) electrons. The minimum absolute atomic E-state index is 0.0395. The van der Waals surface area contributed by atoms with E-state index < -0.39 is 0 Å². The van der Waals surface area contributed by atoms with Gasteiger partial charge in [-0.2, -0.15) is 4.98 Å². The summed E-state index contributed by atoms with van der Waals surface area (Å²) in [6.45, 7) is 2.13. The molecule has 1 aliphatic heterocycles. The van der Waals surface area contributed by atoms with Gasteiger partial charge in [0.2, 0.25) is 11.8 Å². The van der Waals surface area contributed by atoms with Crippen LogP contribution in [0.1, 0.15) is 74.2 Å². The van der Waals surface area contributed by atoms with E-state index in [1.807, 2.05) is 12.1 Å². The highest BCUT2D eigenvalue weighted by atomic mass is 16.5. The molecule has 7 heteroatoms. The van der Waals surface area contributed by atoms with Gasteiger partial charge in [0.1, 0.15) is 6.04 Å². The van der Waals surface area contributed by atoms with E-state index in [1.54, 1.807) is 12.4 Å². The van der Waals surface area contributed by atoms with E-state index in [0.717, 1.165) is 50.2 Å². The zero-order chi connectivity index (χ0) is 18.5. The lowest BCUT2D eigenvalue weighted by atomic mass is 9.89. The predicted octanol–water partition coefficient (Wildman–Crippen LogP) is 2.97. The Morgan fingerprint density at radius 2 is 2.04 bits per heavy atom. The standard InChI is InChI=1S/C20H27N5O2/c26-20(18(25-11-4-5-12-25)16-9-6-10-21-13-16)22-14-17-23-19(24-27-17)15-7-2-1-3-8-15/h6,9-10,13,15,18H,1-5,7-8,11-12,14H2,(H,22,26)/t18-/m0/s1. The second-order valence-electron chi connectivity index (χ2n) is 7.53. The molecular formula is C20H27N5O2. The fraction of sp³-hybridized carbons (Fsp3) is 0.600. The molecule has 27 heavy (non-hydrogen) atoms. The van der Waals surface area contributed by atoms with E-state index in [2.05, 4.69) is 25.3 Å². The lowest BCUT2D eigenvalue weighted by Crippen LogP contribution is -2.39. The third kappa shape index (κ3) is 4.35. The highest BCUT2D eigenvalue weighted by molar-refractivity contribution is 5.83. The summed E-state index contributed by atoms with van der Waals surface area (Å²) in [5.74, 6) is 1.64. The molecule has 0 unspecified atom stereocenters. The molecule has 2 aromatic rings. The Bertz CT molecular complexity index is 736. The van der Waals surface area contributed by atoms with E-state index in [0.29, 0.717) is 11.8 Å². The number of aromatic nitrogens is 3. The summed E-state index contributed by atoms with van der Waals surface area (Å²) in [6, 6.07) is 3.52. The molecule has 2 fully saturated rings. The van der Waals surface area contributed by atoms with Crippen LogP contribution < -0.4 is 5.32 Å². The highest BCUT2D eigenvalue weighted by Gasteiger charge is 2.30. The third-order valence-corrected chi connectivity index (χ3v) is 5.62. The maximum atomic E-state index is 12.9. The van der Waals surface area contributed by atoms with E-state index >= 15 is 0 Å². The fourth-order valence-corrected chi connectivity index (χ4v) is 4.19. The van der Waals surface area contributed by atoms with Gasteiger partial charge in [-0.05, 0) is 50.4 Å². The zero-order valence-corrected chi connectivity index (χ0v) is 15.6. The summed E-state index contributed by atoms with van der Waals surface area (Å²) in [7, 11) is 0. The lowest BCUT2D eigenvalue weighted by molar-refractivity contribution is -0.126. The Kier molecular flexibility index (Phi) is 5.77. The summed E-state index contributed by atoms with van der Waals surface area (Å²) in [5.41, 5.74) is 0.922. The van der Waals surface area contributed by atoms with Gasteiger partial charge in [-0.15, -0.1) is 0 Å². The van der Waals surface area contributed by atoms with Crippen LogP contribution in [0.25, 0.3) is 0 Å². The SMILES string of the molecule is O=C(NCc1nc(C2CCCCC2)no1)[C@H](c1cccnc1)N1CCCC1. The quantitative estimate of drug-likeness (QED) is 0.843. The molecule has 1 atom stereocenters. The number of carbonyl (C=O) groups excluding carboxylic acids is 1. The number of nitrogens with zero attached hydrogens (tertiary/aromatic N) is 4. The van der Waals surface area contributed by atoms with Crippen molar-refractivity contribution in [3.63, 3.8) is 0 Å². The Morgan fingerprint density at radius 1 is 1.22 bits per heavy atom. The van der Waals surface area contributed by atoms with Crippen molar-refractivity contribution in [3.8, 4) is 0 Å². The number of pyridine rings is 1. The smallest absolute Gasteiger partial charge is 0.246 e. The fourth-order valence-electron chi connectivity index (χ4n) is 4.19. The number of hydrogen-bond donors (Lipinski definition) is 1. The molecule has 1 aliphatic carbocycles. The first-order valence-corrected chi connectivity index (χ1v) is 10.1. The molecule has 4 rings (SSSR count). The molecule has 2 aromatic heterocycles. The second-order valence-corrected chi connectivity index (χ2v) is 7.53. The van der Waals surface area contributed by atoms with Crippen LogP contribution in [0, 0.1) is 0 Å². The van der Waals surface area contributed by atoms with Crippen molar-refractivity contribution in [1.29, 1.82) is 0 Å². The number of hydrogen-bond acceptors (Lipinski definition) is 6. The van der Waals surface area contributed by atoms with Gasteiger partial charge in [0.05, 0.1) is 6.54 Å². The van der Waals surface area contributed by atoms with Crippen LogP contribution in [-0.4, -0.2) is 39.0 Å². The van der Waals surface area contributed by atoms with Crippen molar-refractivity contribution in [2.24, 2.45) is 0 Å². The van der Waals surface area contributed by atoms with Crippen LogP contribution in [0.3, 0.4) is 0 Å². The Hall–Kier alpha value is -2.28. The van der Waals surface area contributed by atoms with Crippen LogP contribution in [0.15, 0.2) is 29.0 Å². The van der Waals surface area contributed by atoms with Gasteiger partial charge >= 0.3 is 0 Å². The van der Waals surface area contributed by atoms with E-state index in [9.17, 15) is 4.79 Å². The Morgan fingerprint density at radius 3 is 2.78 bits per heavy atom. The first kappa shape index (κ1) is 18.1. The van der Waals surface area contributed by atoms with Gasteiger partial charge < -0.3 is 9.84 Å². The molecule has 2 aliphatic rings. The van der Waals surface area contributed by atoms with Crippen molar-refractivity contribution in [2.45, 2.75) is 63.5 Å². The van der Waals surface area contributed by atoms with Crippen LogP contribution in [0.5, 0.6) is 0 Å².